The molecule has 0 saturated heterocycles. The first-order valence-corrected chi connectivity index (χ1v) is 7.89. The maximum atomic E-state index is 11.5. The second-order valence-corrected chi connectivity index (χ2v) is 6.08. The molecule has 0 amide bonds. The first-order chi connectivity index (χ1) is 10.4. The second-order valence-electron chi connectivity index (χ2n) is 6.08. The molecule has 1 aliphatic carbocycles. The second kappa shape index (κ2) is 6.89. The van der Waals surface area contributed by atoms with E-state index < -0.39 is 0 Å². The van der Waals surface area contributed by atoms with Crippen molar-refractivity contribution in [1.82, 2.24) is 0 Å². The molecular formula is C20H25NO. The summed E-state index contributed by atoms with van der Waals surface area (Å²) in [6.07, 6.45) is 6.31. The van der Waals surface area contributed by atoms with Crippen molar-refractivity contribution >= 4 is 5.78 Å². The number of hydrogen-bond donors (Lipinski definition) is 1. The van der Waals surface area contributed by atoms with Crippen molar-refractivity contribution in [2.24, 2.45) is 11.7 Å². The van der Waals surface area contributed by atoms with Gasteiger partial charge in [-0.1, -0.05) is 49.4 Å². The lowest BCUT2D eigenvalue weighted by Gasteiger charge is -2.27. The number of Topliss-reactive ketones (excluding diaryl/α,β-unsaturated/α-hetero) is 1. The maximum Gasteiger partial charge on any atom is 0.159 e. The third-order valence-corrected chi connectivity index (χ3v) is 4.26. The van der Waals surface area contributed by atoms with E-state index in [1.54, 1.807) is 6.92 Å². The van der Waals surface area contributed by atoms with Gasteiger partial charge >= 0.3 is 0 Å². The van der Waals surface area contributed by atoms with Gasteiger partial charge < -0.3 is 5.73 Å². The summed E-state index contributed by atoms with van der Waals surface area (Å²) < 4.78 is 0. The molecule has 0 bridgehead atoms. The molecule has 2 unspecified atom stereocenters. The van der Waals surface area contributed by atoms with Crippen LogP contribution in [0.2, 0.25) is 0 Å². The van der Waals surface area contributed by atoms with Gasteiger partial charge in [-0.05, 0) is 49.5 Å². The monoisotopic (exact) mass is 295 g/mol. The predicted molar refractivity (Wildman–Crippen MR) is 92.9 cm³/mol. The molecule has 22 heavy (non-hydrogen) atoms. The van der Waals surface area contributed by atoms with Crippen molar-refractivity contribution in [3.63, 3.8) is 0 Å². The molecule has 0 radical (unpaired) electrons. The minimum absolute atomic E-state index is 0.00574. The lowest BCUT2D eigenvalue weighted by atomic mass is 9.79. The Morgan fingerprint density at radius 2 is 2.14 bits per heavy atom. The molecule has 2 heteroatoms. The summed E-state index contributed by atoms with van der Waals surface area (Å²) in [5.74, 6) is 0.355. The van der Waals surface area contributed by atoms with Crippen molar-refractivity contribution in [3.8, 4) is 0 Å². The van der Waals surface area contributed by atoms with Gasteiger partial charge in [0.05, 0.1) is 0 Å². The Labute approximate surface area is 133 Å². The fraction of sp³-hybridized carbons (Fsp3) is 0.350. The molecule has 116 valence electrons. The number of carbonyl (C=O) groups is 1. The van der Waals surface area contributed by atoms with E-state index in [0.717, 1.165) is 35.1 Å². The van der Waals surface area contributed by atoms with Gasteiger partial charge in [0.1, 0.15) is 0 Å². The molecule has 1 aromatic carbocycles. The van der Waals surface area contributed by atoms with Crippen LogP contribution >= 0.6 is 0 Å². The molecule has 0 aliphatic heterocycles. The summed E-state index contributed by atoms with van der Waals surface area (Å²) in [5, 5.41) is 0. The summed E-state index contributed by atoms with van der Waals surface area (Å²) in [6, 6.07) is 7.86. The van der Waals surface area contributed by atoms with Gasteiger partial charge in [0, 0.05) is 17.5 Å². The molecule has 2 rings (SSSR count). The largest absolute Gasteiger partial charge is 0.324 e. The number of ketones is 1. The molecule has 0 spiro atoms. The van der Waals surface area contributed by atoms with Crippen molar-refractivity contribution in [2.45, 2.75) is 39.7 Å². The molecule has 2 N–H and O–H groups in total. The fourth-order valence-electron chi connectivity index (χ4n) is 2.91. The molecule has 0 saturated carbocycles. The molecule has 1 aromatic rings. The number of rotatable bonds is 5. The molecule has 0 fully saturated rings. The normalized spacial score (nSPS) is 19.5. The van der Waals surface area contributed by atoms with Gasteiger partial charge in [0.2, 0.25) is 0 Å². The van der Waals surface area contributed by atoms with Crippen LogP contribution in [0, 0.1) is 5.92 Å². The van der Waals surface area contributed by atoms with Gasteiger partial charge in [-0.25, -0.2) is 0 Å². The van der Waals surface area contributed by atoms with Crippen LogP contribution in [0.3, 0.4) is 0 Å². The first-order valence-electron chi connectivity index (χ1n) is 7.89. The van der Waals surface area contributed by atoms with E-state index in [9.17, 15) is 4.79 Å². The number of nitrogens with two attached hydrogens (primary N) is 1. The zero-order valence-corrected chi connectivity index (χ0v) is 13.7. The minimum Gasteiger partial charge on any atom is -0.324 e. The quantitative estimate of drug-likeness (QED) is 0.826. The van der Waals surface area contributed by atoms with E-state index in [0.29, 0.717) is 0 Å². The molecule has 2 nitrogen and oxygen atoms in total. The van der Waals surface area contributed by atoms with Gasteiger partial charge in [0.15, 0.2) is 5.78 Å². The van der Waals surface area contributed by atoms with E-state index in [1.807, 2.05) is 25.1 Å². The van der Waals surface area contributed by atoms with E-state index in [4.69, 9.17) is 5.73 Å². The van der Waals surface area contributed by atoms with Crippen LogP contribution in [-0.2, 0) is 6.42 Å². The van der Waals surface area contributed by atoms with E-state index in [1.165, 1.54) is 5.57 Å². The highest BCUT2D eigenvalue weighted by Gasteiger charge is 2.21. The van der Waals surface area contributed by atoms with Crippen LogP contribution in [0.25, 0.3) is 0 Å². The van der Waals surface area contributed by atoms with Gasteiger partial charge in [0.25, 0.3) is 0 Å². The lowest BCUT2D eigenvalue weighted by molar-refractivity contribution is 0.101. The number of benzene rings is 1. The fourth-order valence-corrected chi connectivity index (χ4v) is 2.91. The minimum atomic E-state index is -0.00574. The van der Waals surface area contributed by atoms with E-state index >= 15 is 0 Å². The Morgan fingerprint density at radius 1 is 1.41 bits per heavy atom. The maximum absolute atomic E-state index is 11.5. The topological polar surface area (TPSA) is 43.1 Å². The zero-order valence-electron chi connectivity index (χ0n) is 13.7. The Morgan fingerprint density at radius 3 is 2.73 bits per heavy atom. The molecule has 2 atom stereocenters. The molecule has 0 heterocycles. The first kappa shape index (κ1) is 16.4. The van der Waals surface area contributed by atoms with Crippen molar-refractivity contribution in [1.29, 1.82) is 0 Å². The predicted octanol–water partition coefficient (Wildman–Crippen LogP) is 4.23. The Hall–Kier alpha value is -1.93. The zero-order chi connectivity index (χ0) is 16.3. The summed E-state index contributed by atoms with van der Waals surface area (Å²) >= 11 is 0. The third kappa shape index (κ3) is 3.63. The van der Waals surface area contributed by atoms with Crippen molar-refractivity contribution in [2.75, 3.05) is 0 Å². The van der Waals surface area contributed by atoms with Crippen LogP contribution in [0.4, 0.5) is 0 Å². The highest BCUT2D eigenvalue weighted by Crippen LogP contribution is 2.32. The van der Waals surface area contributed by atoms with Crippen LogP contribution in [-0.4, -0.2) is 11.8 Å². The smallest absolute Gasteiger partial charge is 0.159 e. The highest BCUT2D eigenvalue weighted by molar-refractivity contribution is 5.94. The van der Waals surface area contributed by atoms with Crippen LogP contribution in [0.5, 0.6) is 0 Å². The Kier molecular flexibility index (Phi) is 5.15. The molecule has 1 aliphatic rings. The standard InChI is InChI=1S/C20H25NO/c1-5-16-9-19(13(2)20(12-16)14(3)21)11-17-7-6-8-18(10-17)15(4)22/h6-10,12,14,19H,2,5,11,21H2,1,3-4H3. The molecule has 0 aromatic heterocycles. The number of carbonyl (C=O) groups excluding carboxylic acids is 1. The summed E-state index contributed by atoms with van der Waals surface area (Å²) in [7, 11) is 0. The van der Waals surface area contributed by atoms with Crippen LogP contribution in [0.1, 0.15) is 43.1 Å². The molecular weight excluding hydrogens is 270 g/mol. The van der Waals surface area contributed by atoms with Crippen LogP contribution in [0.15, 0.2) is 59.7 Å². The average Bonchev–Trinajstić information content (AvgIpc) is 2.49. The van der Waals surface area contributed by atoms with E-state index in [2.05, 4.69) is 31.7 Å². The van der Waals surface area contributed by atoms with Crippen molar-refractivity contribution in [3.05, 3.63) is 70.8 Å². The van der Waals surface area contributed by atoms with E-state index in [-0.39, 0.29) is 17.7 Å². The van der Waals surface area contributed by atoms with Crippen molar-refractivity contribution < 1.29 is 4.79 Å². The lowest BCUT2D eigenvalue weighted by Crippen LogP contribution is -2.24. The summed E-state index contributed by atoms with van der Waals surface area (Å²) in [6.45, 7) is 10.0. The SMILES string of the molecule is C=C1C(C(C)N)=CC(CC)=CC1Cc1cccc(C(C)=O)c1. The van der Waals surface area contributed by atoms with Gasteiger partial charge in [-0.3, -0.25) is 4.79 Å². The highest BCUT2D eigenvalue weighted by atomic mass is 16.1. The van der Waals surface area contributed by atoms with Crippen LogP contribution < -0.4 is 5.73 Å². The third-order valence-electron chi connectivity index (χ3n) is 4.26. The van der Waals surface area contributed by atoms with Gasteiger partial charge in [-0.2, -0.15) is 0 Å². The number of hydrogen-bond acceptors (Lipinski definition) is 2. The number of allylic oxidation sites excluding steroid dienone is 3. The summed E-state index contributed by atoms with van der Waals surface area (Å²) in [4.78, 5) is 11.5. The van der Waals surface area contributed by atoms with Gasteiger partial charge in [-0.15, -0.1) is 0 Å². The Balaban J connectivity index is 2.27. The summed E-state index contributed by atoms with van der Waals surface area (Å²) in [5.41, 5.74) is 11.6. The average molecular weight is 295 g/mol. The Bertz CT molecular complexity index is 649.